The molecule has 3 heteroatoms. The highest BCUT2D eigenvalue weighted by Gasteiger charge is 2.56. The summed E-state index contributed by atoms with van der Waals surface area (Å²) in [5, 5.41) is 12.9. The van der Waals surface area contributed by atoms with Crippen molar-refractivity contribution in [3.05, 3.63) is 0 Å². The van der Waals surface area contributed by atoms with Gasteiger partial charge >= 0.3 is 0 Å². The van der Waals surface area contributed by atoms with E-state index in [9.17, 15) is 9.90 Å². The summed E-state index contributed by atoms with van der Waals surface area (Å²) in [6.07, 6.45) is 5.44. The summed E-state index contributed by atoms with van der Waals surface area (Å²) < 4.78 is 0. The van der Waals surface area contributed by atoms with Gasteiger partial charge in [-0.05, 0) is 38.0 Å². The summed E-state index contributed by atoms with van der Waals surface area (Å²) in [6, 6.07) is 0. The van der Waals surface area contributed by atoms with Crippen LogP contribution in [-0.4, -0.2) is 23.2 Å². The number of hydrogen-bond donors (Lipinski definition) is 2. The molecule has 3 unspecified atom stereocenters. The van der Waals surface area contributed by atoms with Crippen LogP contribution in [0.25, 0.3) is 0 Å². The van der Waals surface area contributed by atoms with E-state index in [-0.39, 0.29) is 11.8 Å². The molecule has 0 heterocycles. The molecule has 2 saturated carbocycles. The third-order valence-corrected chi connectivity index (χ3v) is 4.14. The normalized spacial score (nSPS) is 35.3. The molecule has 2 aliphatic carbocycles. The molecule has 2 fully saturated rings. The summed E-state index contributed by atoms with van der Waals surface area (Å²) >= 11 is 0. The summed E-state index contributed by atoms with van der Waals surface area (Å²) in [6.45, 7) is 4.24. The molecule has 2 aliphatic rings. The summed E-state index contributed by atoms with van der Waals surface area (Å²) in [5.41, 5.74) is -0.742. The molecule has 2 N–H and O–H groups in total. The molecule has 92 valence electrons. The molecule has 0 aromatic carbocycles. The van der Waals surface area contributed by atoms with Crippen LogP contribution in [0.1, 0.15) is 46.0 Å². The lowest BCUT2D eigenvalue weighted by atomic mass is 10.0. The fourth-order valence-corrected chi connectivity index (χ4v) is 3.23. The highest BCUT2D eigenvalue weighted by molar-refractivity contribution is 5.82. The topological polar surface area (TPSA) is 49.3 Å². The molecular formula is C13H23NO2. The minimum Gasteiger partial charge on any atom is -0.388 e. The average Bonchev–Trinajstić information content (AvgIpc) is 2.69. The van der Waals surface area contributed by atoms with Crippen molar-refractivity contribution in [1.82, 2.24) is 5.32 Å². The Bertz CT molecular complexity index is 265. The van der Waals surface area contributed by atoms with E-state index < -0.39 is 5.60 Å². The van der Waals surface area contributed by atoms with Crippen LogP contribution >= 0.6 is 0 Å². The van der Waals surface area contributed by atoms with Crippen LogP contribution in [0.4, 0.5) is 0 Å². The van der Waals surface area contributed by atoms with Crippen molar-refractivity contribution in [2.24, 2.45) is 17.8 Å². The van der Waals surface area contributed by atoms with Gasteiger partial charge in [0, 0.05) is 12.5 Å². The molecular weight excluding hydrogens is 202 g/mol. The molecule has 0 aromatic rings. The SMILES string of the molecule is CCCC(C)(O)CNC(=O)C1C2CCCC21. The number of carbonyl (C=O) groups is 1. The Hall–Kier alpha value is -0.570. The Balaban J connectivity index is 1.72. The van der Waals surface area contributed by atoms with E-state index in [2.05, 4.69) is 5.32 Å². The Labute approximate surface area is 97.6 Å². The van der Waals surface area contributed by atoms with Gasteiger partial charge < -0.3 is 10.4 Å². The number of aliphatic hydroxyl groups is 1. The van der Waals surface area contributed by atoms with Crippen molar-refractivity contribution in [3.63, 3.8) is 0 Å². The molecule has 0 radical (unpaired) electrons. The summed E-state index contributed by atoms with van der Waals surface area (Å²) in [7, 11) is 0. The van der Waals surface area contributed by atoms with Crippen molar-refractivity contribution in [3.8, 4) is 0 Å². The van der Waals surface area contributed by atoms with Crippen molar-refractivity contribution < 1.29 is 9.90 Å². The van der Waals surface area contributed by atoms with E-state index in [1.54, 1.807) is 6.92 Å². The fraction of sp³-hybridized carbons (Fsp3) is 0.923. The Morgan fingerprint density at radius 1 is 1.44 bits per heavy atom. The summed E-state index contributed by atoms with van der Waals surface area (Å²) in [5.74, 6) is 1.77. The third-order valence-electron chi connectivity index (χ3n) is 4.14. The highest BCUT2D eigenvalue weighted by Crippen LogP contribution is 2.57. The molecule has 2 rings (SSSR count). The van der Waals surface area contributed by atoms with Gasteiger partial charge in [-0.25, -0.2) is 0 Å². The van der Waals surface area contributed by atoms with Crippen molar-refractivity contribution >= 4 is 5.91 Å². The lowest BCUT2D eigenvalue weighted by molar-refractivity contribution is -0.124. The molecule has 0 spiro atoms. The average molecular weight is 225 g/mol. The van der Waals surface area contributed by atoms with Crippen LogP contribution in [0, 0.1) is 17.8 Å². The van der Waals surface area contributed by atoms with E-state index in [1.807, 2.05) is 6.92 Å². The molecule has 0 saturated heterocycles. The minimum atomic E-state index is -0.742. The number of carbonyl (C=O) groups excluding carboxylic acids is 1. The lowest BCUT2D eigenvalue weighted by Crippen LogP contribution is -2.41. The highest BCUT2D eigenvalue weighted by atomic mass is 16.3. The molecule has 1 amide bonds. The molecule has 0 aliphatic heterocycles. The number of nitrogens with one attached hydrogen (secondary N) is 1. The first kappa shape index (κ1) is 11.9. The van der Waals surface area contributed by atoms with Gasteiger partial charge in [-0.2, -0.15) is 0 Å². The lowest BCUT2D eigenvalue weighted by Gasteiger charge is -2.23. The van der Waals surface area contributed by atoms with E-state index in [4.69, 9.17) is 0 Å². The molecule has 16 heavy (non-hydrogen) atoms. The van der Waals surface area contributed by atoms with E-state index in [0.29, 0.717) is 18.4 Å². The third kappa shape index (κ3) is 2.40. The first-order chi connectivity index (χ1) is 7.55. The maximum atomic E-state index is 11.8. The van der Waals surface area contributed by atoms with Crippen LogP contribution in [0.5, 0.6) is 0 Å². The van der Waals surface area contributed by atoms with Crippen molar-refractivity contribution in [1.29, 1.82) is 0 Å². The zero-order chi connectivity index (χ0) is 11.8. The van der Waals surface area contributed by atoms with Gasteiger partial charge in [0.25, 0.3) is 0 Å². The summed E-state index contributed by atoms with van der Waals surface area (Å²) in [4.78, 5) is 11.8. The first-order valence-corrected chi connectivity index (χ1v) is 6.55. The maximum absolute atomic E-state index is 11.8. The molecule has 0 bridgehead atoms. The number of hydrogen-bond acceptors (Lipinski definition) is 2. The number of amides is 1. The number of fused-ring (bicyclic) bond motifs is 1. The van der Waals surface area contributed by atoms with E-state index in [1.165, 1.54) is 19.3 Å². The zero-order valence-electron chi connectivity index (χ0n) is 10.3. The van der Waals surface area contributed by atoms with Crippen LogP contribution in [0.2, 0.25) is 0 Å². The second kappa shape index (κ2) is 4.36. The molecule has 3 nitrogen and oxygen atoms in total. The Kier molecular flexibility index (Phi) is 3.24. The minimum absolute atomic E-state index is 0.172. The van der Waals surface area contributed by atoms with Gasteiger partial charge in [0.15, 0.2) is 0 Å². The van der Waals surface area contributed by atoms with Crippen LogP contribution in [0.3, 0.4) is 0 Å². The number of rotatable bonds is 5. The van der Waals surface area contributed by atoms with Crippen molar-refractivity contribution in [2.75, 3.05) is 6.54 Å². The fourth-order valence-electron chi connectivity index (χ4n) is 3.23. The van der Waals surface area contributed by atoms with Gasteiger partial charge in [0.1, 0.15) is 0 Å². The largest absolute Gasteiger partial charge is 0.388 e. The monoisotopic (exact) mass is 225 g/mol. The Morgan fingerprint density at radius 2 is 2.06 bits per heavy atom. The molecule has 0 aromatic heterocycles. The standard InChI is InChI=1S/C13H23NO2/c1-3-7-13(2,16)8-14-12(15)11-9-5-4-6-10(9)11/h9-11,16H,3-8H2,1-2H3,(H,14,15). The van der Waals surface area contributed by atoms with E-state index >= 15 is 0 Å². The Morgan fingerprint density at radius 3 is 2.62 bits per heavy atom. The van der Waals surface area contributed by atoms with Crippen LogP contribution < -0.4 is 5.32 Å². The van der Waals surface area contributed by atoms with Gasteiger partial charge in [0.2, 0.25) is 5.91 Å². The zero-order valence-corrected chi connectivity index (χ0v) is 10.3. The maximum Gasteiger partial charge on any atom is 0.223 e. The van der Waals surface area contributed by atoms with Crippen LogP contribution in [-0.2, 0) is 4.79 Å². The smallest absolute Gasteiger partial charge is 0.223 e. The van der Waals surface area contributed by atoms with Crippen LogP contribution in [0.15, 0.2) is 0 Å². The predicted molar refractivity (Wildman–Crippen MR) is 62.9 cm³/mol. The van der Waals surface area contributed by atoms with Gasteiger partial charge in [-0.1, -0.05) is 19.8 Å². The molecule has 3 atom stereocenters. The second-order valence-electron chi connectivity index (χ2n) is 5.75. The van der Waals surface area contributed by atoms with Gasteiger partial charge in [0.05, 0.1) is 5.60 Å². The van der Waals surface area contributed by atoms with Gasteiger partial charge in [-0.3, -0.25) is 4.79 Å². The van der Waals surface area contributed by atoms with Crippen molar-refractivity contribution in [2.45, 2.75) is 51.6 Å². The first-order valence-electron chi connectivity index (χ1n) is 6.55. The quantitative estimate of drug-likeness (QED) is 0.748. The predicted octanol–water partition coefficient (Wildman–Crippen LogP) is 1.70. The van der Waals surface area contributed by atoms with Gasteiger partial charge in [-0.15, -0.1) is 0 Å². The second-order valence-corrected chi connectivity index (χ2v) is 5.75. The van der Waals surface area contributed by atoms with E-state index in [0.717, 1.165) is 12.8 Å².